The maximum Gasteiger partial charge on any atom is 0.328 e. The zero-order valence-corrected chi connectivity index (χ0v) is 5.64. The first-order valence-corrected chi connectivity index (χ1v) is 3.37. The number of hydrogen-bond donors (Lipinski definition) is 0. The van der Waals surface area contributed by atoms with Crippen molar-refractivity contribution in [1.82, 2.24) is 0 Å². The minimum Gasteiger partial charge on any atom is -0.461 e. The van der Waals surface area contributed by atoms with E-state index in [-0.39, 0.29) is 21.0 Å². The summed E-state index contributed by atoms with van der Waals surface area (Å²) in [5, 5.41) is 0. The largest absolute Gasteiger partial charge is 0.461 e. The van der Waals surface area contributed by atoms with Crippen LogP contribution in [0.1, 0.15) is 6.92 Å². The van der Waals surface area contributed by atoms with Gasteiger partial charge in [0.2, 0.25) is 0 Å². The van der Waals surface area contributed by atoms with Crippen LogP contribution in [-0.2, 0) is 14.1 Å². The number of hydrogen-bond acceptors (Lipinski definition) is 3. The van der Waals surface area contributed by atoms with Crippen LogP contribution in [-0.4, -0.2) is 18.7 Å². The lowest BCUT2D eigenvalue weighted by Crippen LogP contribution is -2.00. The van der Waals surface area contributed by atoms with Crippen LogP contribution in [0.4, 0.5) is 0 Å². The second-order valence-electron chi connectivity index (χ2n) is 1.23. The molecule has 3 nitrogen and oxygen atoms in total. The highest BCUT2D eigenvalue weighted by Crippen LogP contribution is 1.89. The Hall–Kier alpha value is -0.430. The molecule has 1 atom stereocenters. The maximum absolute atomic E-state index is 10.00. The summed E-state index contributed by atoms with van der Waals surface area (Å²) in [4.78, 5) is 10.00. The van der Waals surface area contributed by atoms with E-state index in [0.29, 0.717) is 6.16 Å². The van der Waals surface area contributed by atoms with E-state index in [9.17, 15) is 9.36 Å². The zero-order valence-electron chi connectivity index (χ0n) is 4.64. The number of carbonyl (C=O) groups is 1. The highest BCUT2D eigenvalue weighted by atomic mass is 31.1. The Kier molecular flexibility index (Phi) is 4.47. The minimum absolute atomic E-state index is 0.275. The first-order valence-electron chi connectivity index (χ1n) is 2.25. The molecule has 0 aliphatic heterocycles. The SMILES string of the molecule is CC(=O)OCC[PH+]=O. The molecule has 0 saturated carbocycles. The Balaban J connectivity index is 2.93. The van der Waals surface area contributed by atoms with Gasteiger partial charge < -0.3 is 4.74 Å². The van der Waals surface area contributed by atoms with Gasteiger partial charge in [0.25, 0.3) is 0 Å². The van der Waals surface area contributed by atoms with Gasteiger partial charge in [-0.1, -0.05) is 4.57 Å². The van der Waals surface area contributed by atoms with Crippen molar-refractivity contribution < 1.29 is 14.1 Å². The maximum atomic E-state index is 10.00. The molecule has 0 amide bonds. The van der Waals surface area contributed by atoms with Crippen LogP contribution in [0.15, 0.2) is 0 Å². The molecule has 0 bridgehead atoms. The Morgan fingerprint density at radius 1 is 1.75 bits per heavy atom. The number of esters is 1. The normalized spacial score (nSPS) is 9.12. The van der Waals surface area contributed by atoms with Crippen LogP contribution < -0.4 is 0 Å². The third-order valence-electron chi connectivity index (χ3n) is 0.509. The smallest absolute Gasteiger partial charge is 0.328 e. The molecule has 1 unspecified atom stereocenters. The lowest BCUT2D eigenvalue weighted by molar-refractivity contribution is -0.140. The highest BCUT2D eigenvalue weighted by Gasteiger charge is 1.93. The van der Waals surface area contributed by atoms with Crippen molar-refractivity contribution in [1.29, 1.82) is 0 Å². The van der Waals surface area contributed by atoms with Gasteiger partial charge in [-0.05, 0) is 0 Å². The predicted molar refractivity (Wildman–Crippen MR) is 30.5 cm³/mol. The summed E-state index contributed by atoms with van der Waals surface area (Å²) < 4.78 is 14.2. The van der Waals surface area contributed by atoms with Gasteiger partial charge in [-0.15, -0.1) is 0 Å². The number of ether oxygens (including phenoxy) is 1. The predicted octanol–water partition coefficient (Wildman–Crippen LogP) is 0.573. The van der Waals surface area contributed by atoms with Crippen LogP contribution in [0.5, 0.6) is 0 Å². The third kappa shape index (κ3) is 5.57. The Morgan fingerprint density at radius 3 is 2.75 bits per heavy atom. The monoisotopic (exact) mass is 135 g/mol. The van der Waals surface area contributed by atoms with Crippen molar-refractivity contribution in [2.24, 2.45) is 0 Å². The van der Waals surface area contributed by atoms with E-state index < -0.39 is 0 Å². The Labute approximate surface area is 49.2 Å². The lowest BCUT2D eigenvalue weighted by Gasteiger charge is -1.90. The first kappa shape index (κ1) is 7.57. The zero-order chi connectivity index (χ0) is 6.41. The van der Waals surface area contributed by atoms with Gasteiger partial charge in [-0.3, -0.25) is 4.79 Å². The topological polar surface area (TPSA) is 43.4 Å². The van der Waals surface area contributed by atoms with Gasteiger partial charge in [-0.25, -0.2) is 0 Å². The van der Waals surface area contributed by atoms with Crippen LogP contribution in [0.3, 0.4) is 0 Å². The fourth-order valence-corrected chi connectivity index (χ4v) is 0.422. The summed E-state index contributed by atoms with van der Waals surface area (Å²) in [5.41, 5.74) is 0. The molecule has 0 aromatic carbocycles. The van der Waals surface area contributed by atoms with E-state index >= 15 is 0 Å². The van der Waals surface area contributed by atoms with Gasteiger partial charge in [0.1, 0.15) is 6.61 Å². The molecule has 0 spiro atoms. The molecule has 0 aromatic heterocycles. The molecule has 0 N–H and O–H groups in total. The number of carbonyl (C=O) groups excluding carboxylic acids is 1. The van der Waals surface area contributed by atoms with Crippen molar-refractivity contribution in [3.05, 3.63) is 0 Å². The van der Waals surface area contributed by atoms with Crippen molar-refractivity contribution in [3.8, 4) is 0 Å². The van der Waals surface area contributed by atoms with Gasteiger partial charge in [0, 0.05) is 6.92 Å². The molecule has 0 radical (unpaired) electrons. The van der Waals surface area contributed by atoms with E-state index in [4.69, 9.17) is 0 Å². The van der Waals surface area contributed by atoms with Gasteiger partial charge in [-0.2, -0.15) is 0 Å². The van der Waals surface area contributed by atoms with E-state index in [1.807, 2.05) is 0 Å². The summed E-state index contributed by atoms with van der Waals surface area (Å²) in [6.07, 6.45) is 0.444. The van der Waals surface area contributed by atoms with Crippen molar-refractivity contribution >= 4 is 14.4 Å². The van der Waals surface area contributed by atoms with E-state index in [2.05, 4.69) is 4.74 Å². The van der Waals surface area contributed by atoms with E-state index in [1.54, 1.807) is 0 Å². The second kappa shape index (κ2) is 4.72. The highest BCUT2D eigenvalue weighted by molar-refractivity contribution is 7.23. The minimum atomic E-state index is -0.370. The molecule has 0 rings (SSSR count). The molecular weight excluding hydrogens is 127 g/mol. The van der Waals surface area contributed by atoms with Crippen LogP contribution in [0.2, 0.25) is 0 Å². The van der Waals surface area contributed by atoms with Crippen molar-refractivity contribution in [3.63, 3.8) is 0 Å². The lowest BCUT2D eigenvalue weighted by atomic mass is 10.8. The van der Waals surface area contributed by atoms with Crippen LogP contribution in [0.25, 0.3) is 0 Å². The second-order valence-corrected chi connectivity index (χ2v) is 2.02. The van der Waals surface area contributed by atoms with Gasteiger partial charge in [0.15, 0.2) is 6.16 Å². The molecule has 0 aromatic rings. The van der Waals surface area contributed by atoms with E-state index in [1.165, 1.54) is 6.92 Å². The van der Waals surface area contributed by atoms with E-state index in [0.717, 1.165) is 0 Å². The van der Waals surface area contributed by atoms with Crippen LogP contribution >= 0.6 is 8.46 Å². The first-order chi connectivity index (χ1) is 3.77. The molecule has 0 fully saturated rings. The molecule has 0 aliphatic rings. The molecule has 0 heterocycles. The quantitative estimate of drug-likeness (QED) is 0.323. The number of rotatable bonds is 3. The fourth-order valence-electron chi connectivity index (χ4n) is 0.236. The van der Waals surface area contributed by atoms with Gasteiger partial charge >= 0.3 is 14.4 Å². The summed E-state index contributed by atoms with van der Waals surface area (Å²) in [6.45, 7) is 1.60. The molecule has 8 heavy (non-hydrogen) atoms. The Morgan fingerprint density at radius 2 is 2.38 bits per heavy atom. The standard InChI is InChI=1S/C4H7O3P/c1-4(5)7-2-3-8-6/h2-3H2,1H3/p+1. The molecule has 4 heteroatoms. The molecular formula is C4H8O3P+. The molecule has 46 valence electrons. The summed E-state index contributed by atoms with van der Waals surface area (Å²) in [7, 11) is -0.370. The summed E-state index contributed by atoms with van der Waals surface area (Å²) >= 11 is 0. The van der Waals surface area contributed by atoms with Crippen molar-refractivity contribution in [2.75, 3.05) is 12.8 Å². The average Bonchev–Trinajstić information content (AvgIpc) is 1.66. The third-order valence-corrected chi connectivity index (χ3v) is 0.918. The summed E-state index contributed by atoms with van der Waals surface area (Å²) in [6, 6.07) is 0. The van der Waals surface area contributed by atoms with Crippen molar-refractivity contribution in [2.45, 2.75) is 6.92 Å². The Bertz CT molecular complexity index is 91.3. The molecule has 0 saturated heterocycles. The summed E-state index contributed by atoms with van der Waals surface area (Å²) in [5.74, 6) is -0.316. The van der Waals surface area contributed by atoms with Gasteiger partial charge in [0.05, 0.1) is 0 Å². The average molecular weight is 135 g/mol. The fraction of sp³-hybridized carbons (Fsp3) is 0.750. The molecule has 0 aliphatic carbocycles. The van der Waals surface area contributed by atoms with Crippen LogP contribution in [0, 0.1) is 0 Å².